The van der Waals surface area contributed by atoms with Gasteiger partial charge in [0, 0.05) is 24.5 Å². The van der Waals surface area contributed by atoms with Gasteiger partial charge in [-0.15, -0.1) is 0 Å². The maximum Gasteiger partial charge on any atom is 0.251 e. The molecule has 3 rings (SSSR count). The van der Waals surface area contributed by atoms with Gasteiger partial charge in [-0.2, -0.15) is 10.2 Å². The molecule has 1 amide bonds. The Bertz CT molecular complexity index is 848. The molecule has 0 aliphatic rings. The standard InChI is InChI=1S/C17H18BrN5O/c1-12-6-16(21-22(12)2)9-19-17(24)14-5-3-4-13(7-14)10-23-11-15(18)8-20-23/h3-8,11H,9-10H2,1-2H3,(H,19,24). The van der Waals surface area contributed by atoms with Crippen LogP contribution < -0.4 is 5.32 Å². The number of rotatable bonds is 5. The number of amides is 1. The number of aromatic nitrogens is 4. The van der Waals surface area contributed by atoms with Crippen LogP contribution in [-0.2, 0) is 20.1 Å². The van der Waals surface area contributed by atoms with Crippen molar-refractivity contribution in [3.8, 4) is 0 Å². The van der Waals surface area contributed by atoms with Crippen molar-refractivity contribution in [2.45, 2.75) is 20.0 Å². The fourth-order valence-electron chi connectivity index (χ4n) is 2.42. The van der Waals surface area contributed by atoms with Gasteiger partial charge < -0.3 is 5.32 Å². The van der Waals surface area contributed by atoms with Gasteiger partial charge in [0.1, 0.15) is 0 Å². The molecular weight excluding hydrogens is 370 g/mol. The lowest BCUT2D eigenvalue weighted by Crippen LogP contribution is -2.23. The lowest BCUT2D eigenvalue weighted by molar-refractivity contribution is 0.0950. The Hall–Kier alpha value is -2.41. The van der Waals surface area contributed by atoms with Crippen LogP contribution in [0.4, 0.5) is 0 Å². The Balaban J connectivity index is 1.65. The van der Waals surface area contributed by atoms with E-state index in [4.69, 9.17) is 0 Å². The van der Waals surface area contributed by atoms with Crippen molar-refractivity contribution in [1.29, 1.82) is 0 Å². The molecular formula is C17H18BrN5O. The number of carbonyl (C=O) groups is 1. The Labute approximate surface area is 148 Å². The van der Waals surface area contributed by atoms with Crippen LogP contribution >= 0.6 is 15.9 Å². The van der Waals surface area contributed by atoms with Gasteiger partial charge in [0.15, 0.2) is 0 Å². The zero-order valence-corrected chi connectivity index (χ0v) is 15.1. The summed E-state index contributed by atoms with van der Waals surface area (Å²) in [4.78, 5) is 12.3. The molecule has 3 aromatic rings. The van der Waals surface area contributed by atoms with Gasteiger partial charge in [-0.25, -0.2) is 0 Å². The summed E-state index contributed by atoms with van der Waals surface area (Å²) >= 11 is 3.38. The Morgan fingerprint density at radius 2 is 2.17 bits per heavy atom. The molecule has 0 aliphatic carbocycles. The van der Waals surface area contributed by atoms with Crippen molar-refractivity contribution >= 4 is 21.8 Å². The molecule has 0 aliphatic heterocycles. The summed E-state index contributed by atoms with van der Waals surface area (Å²) < 4.78 is 4.55. The van der Waals surface area contributed by atoms with Gasteiger partial charge in [-0.1, -0.05) is 12.1 Å². The fourth-order valence-corrected chi connectivity index (χ4v) is 2.74. The van der Waals surface area contributed by atoms with E-state index in [2.05, 4.69) is 31.4 Å². The second kappa shape index (κ2) is 7.00. The van der Waals surface area contributed by atoms with Crippen LogP contribution in [0.1, 0.15) is 27.3 Å². The monoisotopic (exact) mass is 387 g/mol. The number of carbonyl (C=O) groups excluding carboxylic acids is 1. The highest BCUT2D eigenvalue weighted by atomic mass is 79.9. The van der Waals surface area contributed by atoms with E-state index in [1.807, 2.05) is 55.2 Å². The van der Waals surface area contributed by atoms with Crippen molar-refractivity contribution in [2.24, 2.45) is 7.05 Å². The molecule has 2 heterocycles. The molecule has 124 valence electrons. The second-order valence-electron chi connectivity index (χ2n) is 5.64. The Morgan fingerprint density at radius 3 is 2.83 bits per heavy atom. The van der Waals surface area contributed by atoms with Crippen LogP contribution in [0.5, 0.6) is 0 Å². The number of hydrogen-bond donors (Lipinski definition) is 1. The average Bonchev–Trinajstić information content (AvgIpc) is 3.11. The molecule has 24 heavy (non-hydrogen) atoms. The second-order valence-corrected chi connectivity index (χ2v) is 6.56. The average molecular weight is 388 g/mol. The van der Waals surface area contributed by atoms with Gasteiger partial charge in [0.25, 0.3) is 5.91 Å². The molecule has 0 saturated heterocycles. The summed E-state index contributed by atoms with van der Waals surface area (Å²) in [5.41, 5.74) is 3.56. The summed E-state index contributed by atoms with van der Waals surface area (Å²) in [5, 5.41) is 11.5. The lowest BCUT2D eigenvalue weighted by atomic mass is 10.1. The highest BCUT2D eigenvalue weighted by molar-refractivity contribution is 9.10. The lowest BCUT2D eigenvalue weighted by Gasteiger charge is -2.06. The van der Waals surface area contributed by atoms with Crippen LogP contribution in [0, 0.1) is 6.92 Å². The molecule has 0 fully saturated rings. The van der Waals surface area contributed by atoms with E-state index in [1.165, 1.54) is 0 Å². The molecule has 2 aromatic heterocycles. The fraction of sp³-hybridized carbons (Fsp3) is 0.235. The molecule has 1 aromatic carbocycles. The summed E-state index contributed by atoms with van der Waals surface area (Å²) in [6.07, 6.45) is 3.64. The van der Waals surface area contributed by atoms with Crippen molar-refractivity contribution in [3.05, 3.63) is 69.7 Å². The third kappa shape index (κ3) is 3.91. The van der Waals surface area contributed by atoms with E-state index >= 15 is 0 Å². The van der Waals surface area contributed by atoms with Crippen molar-refractivity contribution in [2.75, 3.05) is 0 Å². The molecule has 0 unspecified atom stereocenters. The topological polar surface area (TPSA) is 64.7 Å². The molecule has 0 radical (unpaired) electrons. The summed E-state index contributed by atoms with van der Waals surface area (Å²) in [5.74, 6) is -0.109. The molecule has 6 nitrogen and oxygen atoms in total. The zero-order chi connectivity index (χ0) is 17.1. The minimum atomic E-state index is -0.109. The van der Waals surface area contributed by atoms with Gasteiger partial charge in [0.05, 0.1) is 29.5 Å². The normalized spacial score (nSPS) is 10.8. The number of benzene rings is 1. The van der Waals surface area contributed by atoms with E-state index in [1.54, 1.807) is 10.9 Å². The summed E-state index contributed by atoms with van der Waals surface area (Å²) in [6, 6.07) is 9.52. The molecule has 0 bridgehead atoms. The van der Waals surface area contributed by atoms with Crippen LogP contribution in [0.3, 0.4) is 0 Å². The first kappa shape index (κ1) is 16.4. The van der Waals surface area contributed by atoms with E-state index in [-0.39, 0.29) is 5.91 Å². The van der Waals surface area contributed by atoms with Gasteiger partial charge in [0.2, 0.25) is 0 Å². The molecule has 7 heteroatoms. The Morgan fingerprint density at radius 1 is 1.33 bits per heavy atom. The van der Waals surface area contributed by atoms with Crippen LogP contribution in [0.15, 0.2) is 47.2 Å². The first-order valence-electron chi connectivity index (χ1n) is 7.56. The van der Waals surface area contributed by atoms with Crippen LogP contribution in [0.25, 0.3) is 0 Å². The molecule has 1 N–H and O–H groups in total. The van der Waals surface area contributed by atoms with E-state index in [9.17, 15) is 4.79 Å². The first-order chi connectivity index (χ1) is 11.5. The van der Waals surface area contributed by atoms with Crippen molar-refractivity contribution < 1.29 is 4.79 Å². The molecule has 0 saturated carbocycles. The highest BCUT2D eigenvalue weighted by Gasteiger charge is 2.08. The minimum Gasteiger partial charge on any atom is -0.346 e. The number of hydrogen-bond acceptors (Lipinski definition) is 3. The number of halogens is 1. The minimum absolute atomic E-state index is 0.109. The smallest absolute Gasteiger partial charge is 0.251 e. The number of nitrogens with one attached hydrogen (secondary N) is 1. The third-order valence-corrected chi connectivity index (χ3v) is 4.14. The van der Waals surface area contributed by atoms with E-state index in [0.717, 1.165) is 21.4 Å². The summed E-state index contributed by atoms with van der Waals surface area (Å²) in [6.45, 7) is 3.01. The number of aryl methyl sites for hydroxylation is 2. The maximum atomic E-state index is 12.3. The zero-order valence-electron chi connectivity index (χ0n) is 13.5. The van der Waals surface area contributed by atoms with Crippen LogP contribution in [-0.4, -0.2) is 25.5 Å². The first-order valence-corrected chi connectivity index (χ1v) is 8.35. The maximum absolute atomic E-state index is 12.3. The van der Waals surface area contributed by atoms with Gasteiger partial charge in [-0.3, -0.25) is 14.2 Å². The highest BCUT2D eigenvalue weighted by Crippen LogP contribution is 2.11. The van der Waals surface area contributed by atoms with Crippen LogP contribution in [0.2, 0.25) is 0 Å². The van der Waals surface area contributed by atoms with Gasteiger partial charge in [-0.05, 0) is 46.6 Å². The van der Waals surface area contributed by atoms with E-state index in [0.29, 0.717) is 18.7 Å². The predicted molar refractivity (Wildman–Crippen MR) is 94.6 cm³/mol. The third-order valence-electron chi connectivity index (χ3n) is 3.73. The van der Waals surface area contributed by atoms with Gasteiger partial charge >= 0.3 is 0 Å². The SMILES string of the molecule is Cc1cc(CNC(=O)c2cccc(Cn3cc(Br)cn3)c2)nn1C. The predicted octanol–water partition coefficient (Wildman–Crippen LogP) is 2.67. The largest absolute Gasteiger partial charge is 0.346 e. The molecule has 0 atom stereocenters. The molecule has 0 spiro atoms. The number of nitrogens with zero attached hydrogens (tertiary/aromatic N) is 4. The quantitative estimate of drug-likeness (QED) is 0.731. The summed E-state index contributed by atoms with van der Waals surface area (Å²) in [7, 11) is 1.89. The van der Waals surface area contributed by atoms with Crippen molar-refractivity contribution in [3.63, 3.8) is 0 Å². The Kier molecular flexibility index (Phi) is 4.80. The van der Waals surface area contributed by atoms with Crippen molar-refractivity contribution in [1.82, 2.24) is 24.9 Å². The van der Waals surface area contributed by atoms with E-state index < -0.39 is 0 Å².